The number of halogens is 2. The first-order valence-electron chi connectivity index (χ1n) is 7.37. The normalized spacial score (nSPS) is 12.2. The molecule has 1 aliphatic rings. The summed E-state index contributed by atoms with van der Waals surface area (Å²) in [5.41, 5.74) is 3.03. The maximum Gasteiger partial charge on any atom is 0.251 e. The summed E-state index contributed by atoms with van der Waals surface area (Å²) in [4.78, 5) is 16.5. The summed E-state index contributed by atoms with van der Waals surface area (Å²) in [7, 11) is 0. The van der Waals surface area contributed by atoms with Gasteiger partial charge in [-0.15, -0.1) is 24.8 Å². The number of nitrogens with zero attached hydrogens (tertiary/aromatic N) is 2. The predicted octanol–water partition coefficient (Wildman–Crippen LogP) is 2.82. The van der Waals surface area contributed by atoms with Crippen molar-refractivity contribution < 1.29 is 4.79 Å². The van der Waals surface area contributed by atoms with Gasteiger partial charge in [-0.1, -0.05) is 6.07 Å². The van der Waals surface area contributed by atoms with Crippen LogP contribution >= 0.6 is 24.8 Å². The van der Waals surface area contributed by atoms with E-state index in [2.05, 4.69) is 15.6 Å². The molecule has 1 aliphatic heterocycles. The molecule has 0 saturated carbocycles. The average molecular weight is 357 g/mol. The van der Waals surface area contributed by atoms with Crippen LogP contribution in [0.3, 0.4) is 0 Å². The van der Waals surface area contributed by atoms with Crippen molar-refractivity contribution in [1.29, 1.82) is 0 Å². The molecule has 3 rings (SSSR count). The first-order valence-corrected chi connectivity index (χ1v) is 7.37. The lowest BCUT2D eigenvalue weighted by atomic mass is 9.97. The summed E-state index contributed by atoms with van der Waals surface area (Å²) < 4.78 is 2.03. The van der Waals surface area contributed by atoms with Crippen molar-refractivity contribution in [1.82, 2.24) is 14.9 Å². The molecule has 0 fully saturated rings. The Morgan fingerprint density at radius 2 is 2.22 bits per heavy atom. The van der Waals surface area contributed by atoms with Gasteiger partial charge in [0.1, 0.15) is 5.82 Å². The van der Waals surface area contributed by atoms with E-state index in [1.807, 2.05) is 35.9 Å². The van der Waals surface area contributed by atoms with E-state index in [9.17, 15) is 4.79 Å². The molecule has 0 aliphatic carbocycles. The second-order valence-electron chi connectivity index (χ2n) is 5.29. The largest absolute Gasteiger partial charge is 0.385 e. The number of fused-ring (bicyclic) bond motifs is 1. The number of aromatic nitrogens is 2. The highest BCUT2D eigenvalue weighted by atomic mass is 35.5. The number of benzene rings is 1. The number of amides is 1. The summed E-state index contributed by atoms with van der Waals surface area (Å²) in [5.74, 6) is 0.971. The van der Waals surface area contributed by atoms with Crippen molar-refractivity contribution in [2.45, 2.75) is 26.3 Å². The number of carbonyl (C=O) groups excluding carboxylic acids is 1. The van der Waals surface area contributed by atoms with Crippen LogP contribution in [-0.4, -0.2) is 28.5 Å². The quantitative estimate of drug-likeness (QED) is 0.885. The topological polar surface area (TPSA) is 59.0 Å². The SMILES string of the molecule is Cc1nccn1CCNC(=O)c1cccc2c1CCCN2.Cl.Cl. The molecule has 2 N–H and O–H groups in total. The molecule has 5 nitrogen and oxygen atoms in total. The van der Waals surface area contributed by atoms with Crippen LogP contribution in [0.15, 0.2) is 30.6 Å². The van der Waals surface area contributed by atoms with E-state index in [-0.39, 0.29) is 30.7 Å². The van der Waals surface area contributed by atoms with Crippen LogP contribution < -0.4 is 10.6 Å². The molecular formula is C16H22Cl2N4O. The minimum absolute atomic E-state index is 0. The molecule has 0 atom stereocenters. The zero-order valence-electron chi connectivity index (χ0n) is 13.0. The van der Waals surface area contributed by atoms with E-state index in [0.29, 0.717) is 6.54 Å². The highest BCUT2D eigenvalue weighted by Crippen LogP contribution is 2.25. The Kier molecular flexibility index (Phi) is 7.39. The van der Waals surface area contributed by atoms with E-state index >= 15 is 0 Å². The molecule has 0 unspecified atom stereocenters. The van der Waals surface area contributed by atoms with Crippen molar-refractivity contribution in [3.8, 4) is 0 Å². The molecule has 1 amide bonds. The Morgan fingerprint density at radius 1 is 1.39 bits per heavy atom. The Balaban J connectivity index is 0.00000132. The summed E-state index contributed by atoms with van der Waals surface area (Å²) in [6.45, 7) is 4.29. The lowest BCUT2D eigenvalue weighted by Gasteiger charge is -2.20. The van der Waals surface area contributed by atoms with Gasteiger partial charge in [-0.3, -0.25) is 4.79 Å². The van der Waals surface area contributed by atoms with Crippen molar-refractivity contribution in [3.63, 3.8) is 0 Å². The highest BCUT2D eigenvalue weighted by molar-refractivity contribution is 5.97. The van der Waals surface area contributed by atoms with Crippen LogP contribution in [0.25, 0.3) is 0 Å². The third-order valence-corrected chi connectivity index (χ3v) is 3.90. The van der Waals surface area contributed by atoms with Crippen LogP contribution in [0.1, 0.15) is 28.2 Å². The summed E-state index contributed by atoms with van der Waals surface area (Å²) >= 11 is 0. The molecule has 0 radical (unpaired) electrons. The second-order valence-corrected chi connectivity index (χ2v) is 5.29. The molecule has 1 aromatic heterocycles. The van der Waals surface area contributed by atoms with Crippen molar-refractivity contribution >= 4 is 36.4 Å². The van der Waals surface area contributed by atoms with Gasteiger partial charge in [0.05, 0.1) is 0 Å². The number of imidazole rings is 1. The number of carbonyl (C=O) groups is 1. The van der Waals surface area contributed by atoms with Crippen LogP contribution in [0, 0.1) is 6.92 Å². The van der Waals surface area contributed by atoms with E-state index in [4.69, 9.17) is 0 Å². The standard InChI is InChI=1S/C16H20N4O.2ClH/c1-12-17-8-10-20(12)11-9-19-16(21)14-4-2-6-15-13(14)5-3-7-18-15;;/h2,4,6,8,10,18H,3,5,7,9,11H2,1H3,(H,19,21);2*1H. The van der Waals surface area contributed by atoms with Gasteiger partial charge in [0, 0.05) is 43.3 Å². The van der Waals surface area contributed by atoms with Gasteiger partial charge in [0.2, 0.25) is 0 Å². The molecule has 0 saturated heterocycles. The average Bonchev–Trinajstić information content (AvgIpc) is 2.92. The molecule has 0 bridgehead atoms. The molecule has 0 spiro atoms. The predicted molar refractivity (Wildman–Crippen MR) is 97.0 cm³/mol. The third kappa shape index (κ3) is 4.39. The first kappa shape index (κ1) is 19.3. The monoisotopic (exact) mass is 356 g/mol. The van der Waals surface area contributed by atoms with Crippen LogP contribution in [0.2, 0.25) is 0 Å². The second kappa shape index (κ2) is 8.79. The number of aryl methyl sites for hydroxylation is 1. The fourth-order valence-corrected chi connectivity index (χ4v) is 2.75. The van der Waals surface area contributed by atoms with Gasteiger partial charge >= 0.3 is 0 Å². The van der Waals surface area contributed by atoms with Crippen LogP contribution in [-0.2, 0) is 13.0 Å². The van der Waals surface area contributed by atoms with Gasteiger partial charge in [-0.25, -0.2) is 4.98 Å². The van der Waals surface area contributed by atoms with Crippen LogP contribution in [0.4, 0.5) is 5.69 Å². The molecule has 1 aromatic carbocycles. The molecule has 7 heteroatoms. The lowest BCUT2D eigenvalue weighted by Crippen LogP contribution is -2.29. The minimum Gasteiger partial charge on any atom is -0.385 e. The summed E-state index contributed by atoms with van der Waals surface area (Å²) in [5, 5.41) is 6.35. The fourth-order valence-electron chi connectivity index (χ4n) is 2.75. The van der Waals surface area contributed by atoms with Crippen molar-refractivity contribution in [2.75, 3.05) is 18.4 Å². The van der Waals surface area contributed by atoms with E-state index < -0.39 is 0 Å². The van der Waals surface area contributed by atoms with Crippen LogP contribution in [0.5, 0.6) is 0 Å². The van der Waals surface area contributed by atoms with Crippen molar-refractivity contribution in [2.24, 2.45) is 0 Å². The number of rotatable bonds is 4. The van der Waals surface area contributed by atoms with Gasteiger partial charge in [0.15, 0.2) is 0 Å². The first-order chi connectivity index (χ1) is 10.3. The lowest BCUT2D eigenvalue weighted by molar-refractivity contribution is 0.0951. The maximum atomic E-state index is 12.4. The molecular weight excluding hydrogens is 335 g/mol. The zero-order chi connectivity index (χ0) is 14.7. The van der Waals surface area contributed by atoms with E-state index in [1.165, 1.54) is 0 Å². The number of hydrogen-bond donors (Lipinski definition) is 2. The Labute approximate surface area is 148 Å². The highest BCUT2D eigenvalue weighted by Gasteiger charge is 2.16. The third-order valence-electron chi connectivity index (χ3n) is 3.90. The number of anilines is 1. The van der Waals surface area contributed by atoms with Gasteiger partial charge in [-0.2, -0.15) is 0 Å². The van der Waals surface area contributed by atoms with Gasteiger partial charge < -0.3 is 15.2 Å². The summed E-state index contributed by atoms with van der Waals surface area (Å²) in [6, 6.07) is 5.88. The molecule has 2 heterocycles. The molecule has 23 heavy (non-hydrogen) atoms. The Hall–Kier alpha value is -1.72. The Morgan fingerprint density at radius 3 is 2.96 bits per heavy atom. The van der Waals surface area contributed by atoms with E-state index in [1.54, 1.807) is 6.20 Å². The molecule has 2 aromatic rings. The van der Waals surface area contributed by atoms with Crippen molar-refractivity contribution in [3.05, 3.63) is 47.5 Å². The maximum absolute atomic E-state index is 12.4. The Bertz CT molecular complexity index is 657. The summed E-state index contributed by atoms with van der Waals surface area (Å²) in [6.07, 6.45) is 5.74. The smallest absolute Gasteiger partial charge is 0.251 e. The number of hydrogen-bond acceptors (Lipinski definition) is 3. The van der Waals surface area contributed by atoms with Gasteiger partial charge in [-0.05, 0) is 37.5 Å². The minimum atomic E-state index is 0. The van der Waals surface area contributed by atoms with Gasteiger partial charge in [0.25, 0.3) is 5.91 Å². The zero-order valence-corrected chi connectivity index (χ0v) is 14.7. The van der Waals surface area contributed by atoms with E-state index in [0.717, 1.165) is 48.6 Å². The number of nitrogens with one attached hydrogen (secondary N) is 2. The fraction of sp³-hybridized carbons (Fsp3) is 0.375. The molecule has 126 valence electrons.